The zero-order valence-corrected chi connectivity index (χ0v) is 12.3. The minimum Gasteiger partial charge on any atom is -0.485 e. The molecule has 0 fully saturated rings. The number of carbonyl (C=O) groups is 1. The molecule has 0 bridgehead atoms. The van der Waals surface area contributed by atoms with Crippen LogP contribution in [0.2, 0.25) is 0 Å². The number of hydrogen-bond acceptors (Lipinski definition) is 3. The summed E-state index contributed by atoms with van der Waals surface area (Å²) < 4.78 is 5.56. The van der Waals surface area contributed by atoms with E-state index in [1.54, 1.807) is 0 Å². The summed E-state index contributed by atoms with van der Waals surface area (Å²) in [4.78, 5) is 12.6. The van der Waals surface area contributed by atoms with Crippen LogP contribution in [0.1, 0.15) is 40.6 Å². The molecule has 19 heavy (non-hydrogen) atoms. The second kappa shape index (κ2) is 6.02. The zero-order valence-electron chi connectivity index (χ0n) is 11.5. The van der Waals surface area contributed by atoms with Gasteiger partial charge in [-0.05, 0) is 47.5 Å². The maximum Gasteiger partial charge on any atom is 0.210 e. The highest BCUT2D eigenvalue weighted by atomic mass is 32.1. The largest absolute Gasteiger partial charge is 0.485 e. The van der Waals surface area contributed by atoms with Crippen LogP contribution in [0.25, 0.3) is 0 Å². The number of ketones is 1. The second-order valence-electron chi connectivity index (χ2n) is 4.86. The van der Waals surface area contributed by atoms with Gasteiger partial charge in [-0.25, -0.2) is 0 Å². The average Bonchev–Trinajstić information content (AvgIpc) is 2.89. The molecule has 2 rings (SSSR count). The third kappa shape index (κ3) is 3.44. The monoisotopic (exact) mass is 274 g/mol. The summed E-state index contributed by atoms with van der Waals surface area (Å²) in [7, 11) is 0. The van der Waals surface area contributed by atoms with Gasteiger partial charge in [-0.1, -0.05) is 26.0 Å². The first-order valence-electron chi connectivity index (χ1n) is 6.38. The number of Topliss-reactive ketones (excluding diaryl/α,β-unsaturated/α-hetero) is 1. The van der Waals surface area contributed by atoms with E-state index >= 15 is 0 Å². The van der Waals surface area contributed by atoms with Crippen molar-refractivity contribution in [2.24, 2.45) is 0 Å². The Balaban J connectivity index is 2.00. The molecule has 0 aliphatic carbocycles. The SMILES string of the molecule is Cc1cc(OCC(=O)c2cccs2)ccc1C(C)C. The van der Waals surface area contributed by atoms with Gasteiger partial charge in [0.25, 0.3) is 0 Å². The second-order valence-corrected chi connectivity index (χ2v) is 5.81. The molecule has 0 N–H and O–H groups in total. The van der Waals surface area contributed by atoms with Gasteiger partial charge in [0.15, 0.2) is 6.61 Å². The molecule has 3 heteroatoms. The van der Waals surface area contributed by atoms with Gasteiger partial charge < -0.3 is 4.74 Å². The molecule has 0 atom stereocenters. The van der Waals surface area contributed by atoms with Crippen molar-refractivity contribution in [3.8, 4) is 5.75 Å². The van der Waals surface area contributed by atoms with Crippen molar-refractivity contribution in [3.63, 3.8) is 0 Å². The van der Waals surface area contributed by atoms with Crippen LogP contribution in [-0.4, -0.2) is 12.4 Å². The van der Waals surface area contributed by atoms with Crippen LogP contribution >= 0.6 is 11.3 Å². The molecule has 1 heterocycles. The van der Waals surface area contributed by atoms with E-state index in [2.05, 4.69) is 26.8 Å². The Morgan fingerprint density at radius 1 is 1.32 bits per heavy atom. The van der Waals surface area contributed by atoms with Crippen molar-refractivity contribution in [2.75, 3.05) is 6.61 Å². The minimum atomic E-state index is 0.0283. The molecule has 2 aromatic rings. The number of thiophene rings is 1. The molecule has 0 saturated carbocycles. The quantitative estimate of drug-likeness (QED) is 0.753. The van der Waals surface area contributed by atoms with Gasteiger partial charge in [-0.3, -0.25) is 4.79 Å². The molecule has 2 nitrogen and oxygen atoms in total. The lowest BCUT2D eigenvalue weighted by atomic mass is 9.98. The van der Waals surface area contributed by atoms with Crippen LogP contribution in [0.3, 0.4) is 0 Å². The van der Waals surface area contributed by atoms with Gasteiger partial charge in [0.2, 0.25) is 5.78 Å². The number of ether oxygens (including phenoxy) is 1. The average molecular weight is 274 g/mol. The first kappa shape index (κ1) is 13.8. The van der Waals surface area contributed by atoms with Gasteiger partial charge in [0.1, 0.15) is 5.75 Å². The van der Waals surface area contributed by atoms with Gasteiger partial charge in [0, 0.05) is 0 Å². The molecule has 0 aliphatic heterocycles. The van der Waals surface area contributed by atoms with Gasteiger partial charge >= 0.3 is 0 Å². The minimum absolute atomic E-state index is 0.0283. The molecular formula is C16H18O2S. The van der Waals surface area contributed by atoms with Crippen molar-refractivity contribution in [2.45, 2.75) is 26.7 Å². The Kier molecular flexibility index (Phi) is 4.38. The summed E-state index contributed by atoms with van der Waals surface area (Å²) in [5.41, 5.74) is 2.52. The number of aryl methyl sites for hydroxylation is 1. The predicted octanol–water partition coefficient (Wildman–Crippen LogP) is 4.44. The van der Waals surface area contributed by atoms with Crippen LogP contribution in [0, 0.1) is 6.92 Å². The van der Waals surface area contributed by atoms with E-state index in [1.807, 2.05) is 29.6 Å². The summed E-state index contributed by atoms with van der Waals surface area (Å²) in [6.45, 7) is 6.51. The van der Waals surface area contributed by atoms with E-state index in [1.165, 1.54) is 22.5 Å². The highest BCUT2D eigenvalue weighted by Gasteiger charge is 2.09. The number of benzene rings is 1. The van der Waals surface area contributed by atoms with E-state index in [4.69, 9.17) is 4.74 Å². The van der Waals surface area contributed by atoms with Crippen molar-refractivity contribution in [1.82, 2.24) is 0 Å². The fourth-order valence-corrected chi connectivity index (χ4v) is 2.69. The molecule has 0 spiro atoms. The molecular weight excluding hydrogens is 256 g/mol. The third-order valence-corrected chi connectivity index (χ3v) is 3.94. The smallest absolute Gasteiger partial charge is 0.210 e. The van der Waals surface area contributed by atoms with Gasteiger partial charge in [-0.2, -0.15) is 0 Å². The van der Waals surface area contributed by atoms with E-state index in [0.717, 1.165) is 10.6 Å². The lowest BCUT2D eigenvalue weighted by Gasteiger charge is -2.12. The standard InChI is InChI=1S/C16H18O2S/c1-11(2)14-7-6-13(9-12(14)3)18-10-15(17)16-5-4-8-19-16/h4-9,11H,10H2,1-3H3. The topological polar surface area (TPSA) is 26.3 Å². The van der Waals surface area contributed by atoms with Gasteiger partial charge in [-0.15, -0.1) is 11.3 Å². The first-order valence-corrected chi connectivity index (χ1v) is 7.26. The highest BCUT2D eigenvalue weighted by molar-refractivity contribution is 7.12. The van der Waals surface area contributed by atoms with Crippen molar-refractivity contribution in [3.05, 3.63) is 51.7 Å². The molecule has 0 amide bonds. The molecule has 0 saturated heterocycles. The van der Waals surface area contributed by atoms with E-state index < -0.39 is 0 Å². The molecule has 100 valence electrons. The molecule has 0 aliphatic rings. The zero-order chi connectivity index (χ0) is 13.8. The Bertz CT molecular complexity index is 556. The summed E-state index contributed by atoms with van der Waals surface area (Å²) in [5, 5.41) is 1.90. The third-order valence-electron chi connectivity index (χ3n) is 3.03. The van der Waals surface area contributed by atoms with Crippen molar-refractivity contribution in [1.29, 1.82) is 0 Å². The van der Waals surface area contributed by atoms with Gasteiger partial charge in [0.05, 0.1) is 4.88 Å². The number of carbonyl (C=O) groups excluding carboxylic acids is 1. The van der Waals surface area contributed by atoms with Crippen LogP contribution in [0.5, 0.6) is 5.75 Å². The van der Waals surface area contributed by atoms with E-state index in [-0.39, 0.29) is 12.4 Å². The number of hydrogen-bond donors (Lipinski definition) is 0. The fraction of sp³-hybridized carbons (Fsp3) is 0.312. The predicted molar refractivity (Wildman–Crippen MR) is 79.4 cm³/mol. The van der Waals surface area contributed by atoms with E-state index in [0.29, 0.717) is 5.92 Å². The Labute approximate surface area is 118 Å². The maximum atomic E-state index is 11.8. The molecule has 0 radical (unpaired) electrons. The summed E-state index contributed by atoms with van der Waals surface area (Å²) >= 11 is 1.45. The lowest BCUT2D eigenvalue weighted by molar-refractivity contribution is 0.0925. The highest BCUT2D eigenvalue weighted by Crippen LogP contribution is 2.23. The Morgan fingerprint density at radius 3 is 2.68 bits per heavy atom. The molecule has 0 unspecified atom stereocenters. The van der Waals surface area contributed by atoms with Crippen LogP contribution < -0.4 is 4.74 Å². The van der Waals surface area contributed by atoms with Crippen LogP contribution in [0.4, 0.5) is 0 Å². The van der Waals surface area contributed by atoms with Crippen molar-refractivity contribution < 1.29 is 9.53 Å². The summed E-state index contributed by atoms with van der Waals surface area (Å²) in [5.74, 6) is 1.29. The summed E-state index contributed by atoms with van der Waals surface area (Å²) in [6, 6.07) is 9.70. The van der Waals surface area contributed by atoms with Crippen LogP contribution in [0.15, 0.2) is 35.7 Å². The van der Waals surface area contributed by atoms with Crippen molar-refractivity contribution >= 4 is 17.1 Å². The van der Waals surface area contributed by atoms with E-state index in [9.17, 15) is 4.79 Å². The maximum absolute atomic E-state index is 11.8. The number of rotatable bonds is 5. The Hall–Kier alpha value is -1.61. The van der Waals surface area contributed by atoms with Crippen LogP contribution in [-0.2, 0) is 0 Å². The molecule has 1 aromatic heterocycles. The fourth-order valence-electron chi connectivity index (χ4n) is 2.04. The normalized spacial score (nSPS) is 10.7. The lowest BCUT2D eigenvalue weighted by Crippen LogP contribution is -2.10. The summed E-state index contributed by atoms with van der Waals surface area (Å²) in [6.07, 6.45) is 0. The first-order chi connectivity index (χ1) is 9.08. The molecule has 1 aromatic carbocycles. The Morgan fingerprint density at radius 2 is 2.11 bits per heavy atom.